The SMILES string of the molecule is COc1cc(F)c(OC2CCC(C)(C(=O)OCc3cccc4ccccc34)CC2)cc1C(=O)NC1CCN(C(=O)OC(C)(C)C)CC1C(=O)O. The first-order valence-corrected chi connectivity index (χ1v) is 16.9. The summed E-state index contributed by atoms with van der Waals surface area (Å²) in [6.07, 6.45) is 0.982. The fraction of sp³-hybridized carbons (Fsp3) is 0.474. The summed E-state index contributed by atoms with van der Waals surface area (Å²) >= 11 is 0. The molecule has 0 radical (unpaired) electrons. The number of piperidine rings is 1. The molecule has 2 unspecified atom stereocenters. The van der Waals surface area contributed by atoms with Crippen LogP contribution in [0.25, 0.3) is 10.8 Å². The van der Waals surface area contributed by atoms with Gasteiger partial charge in [0.1, 0.15) is 18.0 Å². The number of halogens is 1. The monoisotopic (exact) mass is 692 g/mol. The lowest BCUT2D eigenvalue weighted by Crippen LogP contribution is -2.55. The zero-order valence-electron chi connectivity index (χ0n) is 29.1. The van der Waals surface area contributed by atoms with Crippen LogP contribution in [0.15, 0.2) is 54.6 Å². The zero-order valence-corrected chi connectivity index (χ0v) is 29.1. The number of fused-ring (bicyclic) bond motifs is 1. The Morgan fingerprint density at radius 2 is 1.70 bits per heavy atom. The van der Waals surface area contributed by atoms with Gasteiger partial charge in [0.15, 0.2) is 11.6 Å². The lowest BCUT2D eigenvalue weighted by atomic mass is 9.74. The number of benzene rings is 3. The van der Waals surface area contributed by atoms with E-state index < -0.39 is 52.9 Å². The van der Waals surface area contributed by atoms with E-state index in [1.165, 1.54) is 18.1 Å². The molecule has 2 atom stereocenters. The van der Waals surface area contributed by atoms with Crippen LogP contribution in [0.1, 0.15) is 75.7 Å². The number of hydrogen-bond donors (Lipinski definition) is 2. The molecule has 1 saturated heterocycles. The van der Waals surface area contributed by atoms with Gasteiger partial charge < -0.3 is 34.3 Å². The number of amides is 2. The molecule has 3 aromatic carbocycles. The van der Waals surface area contributed by atoms with Crippen LogP contribution in [0.5, 0.6) is 11.5 Å². The number of nitrogens with one attached hydrogen (secondary N) is 1. The van der Waals surface area contributed by atoms with Crippen molar-refractivity contribution < 1.29 is 47.6 Å². The highest BCUT2D eigenvalue weighted by atomic mass is 19.1. The van der Waals surface area contributed by atoms with Gasteiger partial charge in [-0.15, -0.1) is 0 Å². The standard InChI is InChI=1S/C38H45FN2O9/c1-37(2,3)50-36(46)41-18-15-30(28(21-41)34(43)44)40-33(42)27-19-32(29(39)20-31(27)47-5)49-25-13-16-38(4,17-14-25)35(45)48-22-24-11-8-10-23-9-6-7-12-26(23)24/h6-12,19-20,25,28,30H,13-18,21-22H2,1-5H3,(H,40,42)(H,43,44). The molecule has 2 N–H and O–H groups in total. The van der Waals surface area contributed by atoms with Gasteiger partial charge in [-0.05, 0) is 82.2 Å². The van der Waals surface area contributed by atoms with Gasteiger partial charge in [-0.25, -0.2) is 9.18 Å². The van der Waals surface area contributed by atoms with Gasteiger partial charge in [0, 0.05) is 25.2 Å². The second-order valence-corrected chi connectivity index (χ2v) is 14.3. The minimum Gasteiger partial charge on any atom is -0.496 e. The largest absolute Gasteiger partial charge is 0.496 e. The number of carbonyl (C=O) groups excluding carboxylic acids is 3. The van der Waals surface area contributed by atoms with Gasteiger partial charge in [-0.1, -0.05) is 42.5 Å². The number of carboxylic acids is 1. The predicted molar refractivity (Wildman–Crippen MR) is 182 cm³/mol. The molecule has 0 aromatic heterocycles. The third kappa shape index (κ3) is 8.46. The van der Waals surface area contributed by atoms with Gasteiger partial charge in [-0.2, -0.15) is 0 Å². The molecule has 2 fully saturated rings. The average molecular weight is 693 g/mol. The quantitative estimate of drug-likeness (QED) is 0.241. The lowest BCUT2D eigenvalue weighted by Gasteiger charge is -2.37. The third-order valence-electron chi connectivity index (χ3n) is 9.46. The van der Waals surface area contributed by atoms with E-state index in [2.05, 4.69) is 5.32 Å². The highest BCUT2D eigenvalue weighted by Crippen LogP contribution is 2.40. The van der Waals surface area contributed by atoms with Crippen LogP contribution in [0, 0.1) is 17.2 Å². The van der Waals surface area contributed by atoms with Crippen LogP contribution < -0.4 is 14.8 Å². The number of hydrogen-bond acceptors (Lipinski definition) is 8. The molecule has 268 valence electrons. The van der Waals surface area contributed by atoms with Crippen molar-refractivity contribution in [3.63, 3.8) is 0 Å². The van der Waals surface area contributed by atoms with Crippen molar-refractivity contribution in [2.75, 3.05) is 20.2 Å². The van der Waals surface area contributed by atoms with E-state index in [0.717, 1.165) is 22.4 Å². The molecule has 11 nitrogen and oxygen atoms in total. The van der Waals surface area contributed by atoms with Gasteiger partial charge >= 0.3 is 18.0 Å². The Hall–Kier alpha value is -4.87. The fourth-order valence-corrected chi connectivity index (χ4v) is 6.55. The highest BCUT2D eigenvalue weighted by molar-refractivity contribution is 5.98. The summed E-state index contributed by atoms with van der Waals surface area (Å²) in [5.41, 5.74) is -0.577. The van der Waals surface area contributed by atoms with Crippen LogP contribution in [0.3, 0.4) is 0 Å². The van der Waals surface area contributed by atoms with Crippen molar-refractivity contribution in [3.05, 3.63) is 71.5 Å². The lowest BCUT2D eigenvalue weighted by molar-refractivity contribution is -0.159. The zero-order chi connectivity index (χ0) is 36.2. The maximum Gasteiger partial charge on any atom is 0.410 e. The first-order valence-electron chi connectivity index (χ1n) is 16.9. The minimum atomic E-state index is -1.18. The Morgan fingerprint density at radius 1 is 1.00 bits per heavy atom. The number of carboxylic acid groups (broad SMARTS) is 1. The number of nitrogens with zero attached hydrogens (tertiary/aromatic N) is 1. The minimum absolute atomic E-state index is 0.0275. The van der Waals surface area contributed by atoms with Crippen molar-refractivity contribution in [1.29, 1.82) is 0 Å². The Balaban J connectivity index is 1.20. The van der Waals surface area contributed by atoms with Crippen LogP contribution in [-0.2, 0) is 25.7 Å². The van der Waals surface area contributed by atoms with Crippen molar-refractivity contribution in [2.45, 2.75) is 84.2 Å². The average Bonchev–Trinajstić information content (AvgIpc) is 3.08. The molecular weight excluding hydrogens is 647 g/mol. The maximum absolute atomic E-state index is 15.2. The molecule has 0 bridgehead atoms. The molecule has 1 saturated carbocycles. The molecule has 12 heteroatoms. The normalized spacial score (nSPS) is 22.4. The predicted octanol–water partition coefficient (Wildman–Crippen LogP) is 6.50. The Bertz CT molecular complexity index is 1740. The molecule has 1 aliphatic heterocycles. The summed E-state index contributed by atoms with van der Waals surface area (Å²) in [6.45, 7) is 7.21. The van der Waals surface area contributed by atoms with Gasteiger partial charge in [0.2, 0.25) is 0 Å². The molecule has 0 spiro atoms. The number of carbonyl (C=O) groups is 4. The van der Waals surface area contributed by atoms with Crippen LogP contribution in [0.2, 0.25) is 0 Å². The van der Waals surface area contributed by atoms with Gasteiger partial charge in [-0.3, -0.25) is 14.4 Å². The smallest absolute Gasteiger partial charge is 0.410 e. The molecule has 1 heterocycles. The number of esters is 1. The van der Waals surface area contributed by atoms with Crippen LogP contribution in [0.4, 0.5) is 9.18 Å². The second-order valence-electron chi connectivity index (χ2n) is 14.3. The van der Waals surface area contributed by atoms with E-state index in [-0.39, 0.29) is 49.1 Å². The number of aliphatic carboxylic acids is 1. The summed E-state index contributed by atoms with van der Waals surface area (Å²) in [6, 6.07) is 15.3. The summed E-state index contributed by atoms with van der Waals surface area (Å²) in [4.78, 5) is 52.8. The van der Waals surface area contributed by atoms with Gasteiger partial charge in [0.05, 0.1) is 30.1 Å². The summed E-state index contributed by atoms with van der Waals surface area (Å²) in [5.74, 6) is -4.17. The highest BCUT2D eigenvalue weighted by Gasteiger charge is 2.41. The summed E-state index contributed by atoms with van der Waals surface area (Å²) in [7, 11) is 1.30. The number of methoxy groups -OCH3 is 1. The second kappa shape index (κ2) is 14.9. The summed E-state index contributed by atoms with van der Waals surface area (Å²) in [5, 5.41) is 14.8. The fourth-order valence-electron chi connectivity index (χ4n) is 6.55. The molecular formula is C38H45FN2O9. The molecule has 2 aliphatic rings. The van der Waals surface area contributed by atoms with Crippen molar-refractivity contribution in [3.8, 4) is 11.5 Å². The first-order chi connectivity index (χ1) is 23.7. The van der Waals surface area contributed by atoms with E-state index >= 15 is 4.39 Å². The Morgan fingerprint density at radius 3 is 2.38 bits per heavy atom. The first kappa shape index (κ1) is 36.4. The topological polar surface area (TPSA) is 141 Å². The Labute approximate surface area is 291 Å². The molecule has 5 rings (SSSR count). The van der Waals surface area contributed by atoms with E-state index in [9.17, 15) is 24.3 Å². The Kier molecular flexibility index (Phi) is 10.9. The molecule has 2 amide bonds. The molecule has 3 aromatic rings. The van der Waals surface area contributed by atoms with Crippen LogP contribution >= 0.6 is 0 Å². The number of rotatable bonds is 9. The third-order valence-corrected chi connectivity index (χ3v) is 9.46. The molecule has 1 aliphatic carbocycles. The van der Waals surface area contributed by atoms with Crippen molar-refractivity contribution >= 4 is 34.7 Å². The van der Waals surface area contributed by atoms with E-state index in [0.29, 0.717) is 25.7 Å². The molecule has 50 heavy (non-hydrogen) atoms. The maximum atomic E-state index is 15.2. The van der Waals surface area contributed by atoms with Gasteiger partial charge in [0.25, 0.3) is 5.91 Å². The van der Waals surface area contributed by atoms with E-state index in [4.69, 9.17) is 18.9 Å². The van der Waals surface area contributed by atoms with Crippen LogP contribution in [-0.4, -0.2) is 71.9 Å². The van der Waals surface area contributed by atoms with E-state index in [1.807, 2.05) is 49.4 Å². The van der Waals surface area contributed by atoms with Crippen molar-refractivity contribution in [2.24, 2.45) is 11.3 Å². The van der Waals surface area contributed by atoms with E-state index in [1.54, 1.807) is 20.8 Å². The van der Waals surface area contributed by atoms with Crippen molar-refractivity contribution in [1.82, 2.24) is 10.2 Å². The number of ether oxygens (including phenoxy) is 4. The number of likely N-dealkylation sites (tertiary alicyclic amines) is 1. The summed E-state index contributed by atoms with van der Waals surface area (Å²) < 4.78 is 37.7.